The Labute approximate surface area is 133 Å². The Morgan fingerprint density at radius 2 is 2.27 bits per heavy atom. The van der Waals surface area contributed by atoms with E-state index in [4.69, 9.17) is 4.74 Å². The minimum absolute atomic E-state index is 0.203. The Bertz CT molecular complexity index is 555. The van der Waals surface area contributed by atoms with Crippen molar-refractivity contribution in [3.05, 3.63) is 35.6 Å². The fourth-order valence-corrected chi connectivity index (χ4v) is 3.88. The fraction of sp³-hybridized carbons (Fsp3) is 0.467. The van der Waals surface area contributed by atoms with Gasteiger partial charge >= 0.3 is 0 Å². The Balaban J connectivity index is 2.14. The largest absolute Gasteiger partial charge is 0.383 e. The van der Waals surface area contributed by atoms with E-state index < -0.39 is 6.04 Å². The molecule has 0 aliphatic carbocycles. The highest BCUT2D eigenvalue weighted by atomic mass is 32.2. The van der Waals surface area contributed by atoms with Gasteiger partial charge < -0.3 is 15.0 Å². The zero-order chi connectivity index (χ0) is 16.1. The van der Waals surface area contributed by atoms with Crippen molar-refractivity contribution in [1.29, 1.82) is 0 Å². The van der Waals surface area contributed by atoms with Gasteiger partial charge in [0.2, 0.25) is 11.8 Å². The summed E-state index contributed by atoms with van der Waals surface area (Å²) in [5.41, 5.74) is 0.687. The van der Waals surface area contributed by atoms with Crippen molar-refractivity contribution in [3.63, 3.8) is 0 Å². The second-order valence-corrected chi connectivity index (χ2v) is 6.08. The van der Waals surface area contributed by atoms with E-state index in [1.54, 1.807) is 19.2 Å². The second kappa shape index (κ2) is 7.60. The number of nitrogens with zero attached hydrogens (tertiary/aromatic N) is 1. The number of amides is 2. The van der Waals surface area contributed by atoms with Crippen molar-refractivity contribution in [2.75, 3.05) is 26.0 Å². The van der Waals surface area contributed by atoms with Crippen molar-refractivity contribution in [3.8, 4) is 0 Å². The molecule has 22 heavy (non-hydrogen) atoms. The van der Waals surface area contributed by atoms with Gasteiger partial charge in [-0.2, -0.15) is 0 Å². The third-order valence-electron chi connectivity index (χ3n) is 3.41. The van der Waals surface area contributed by atoms with E-state index in [-0.39, 0.29) is 23.0 Å². The van der Waals surface area contributed by atoms with Gasteiger partial charge in [0.05, 0.1) is 6.61 Å². The smallest absolute Gasteiger partial charge is 0.243 e. The molecule has 0 aromatic heterocycles. The van der Waals surface area contributed by atoms with Crippen LogP contribution in [0.4, 0.5) is 4.39 Å². The molecule has 1 aliphatic rings. The van der Waals surface area contributed by atoms with Crippen molar-refractivity contribution < 1.29 is 18.7 Å². The van der Waals surface area contributed by atoms with E-state index in [1.165, 1.54) is 35.7 Å². The topological polar surface area (TPSA) is 58.6 Å². The molecule has 1 N–H and O–H groups in total. The maximum atomic E-state index is 13.4. The van der Waals surface area contributed by atoms with E-state index in [0.717, 1.165) is 0 Å². The first-order valence-corrected chi connectivity index (χ1v) is 8.02. The van der Waals surface area contributed by atoms with Crippen LogP contribution in [0.3, 0.4) is 0 Å². The lowest BCUT2D eigenvalue weighted by Gasteiger charge is -2.27. The Morgan fingerprint density at radius 3 is 2.91 bits per heavy atom. The Morgan fingerprint density at radius 1 is 1.50 bits per heavy atom. The summed E-state index contributed by atoms with van der Waals surface area (Å²) in [5.74, 6) is -0.279. The second-order valence-electron chi connectivity index (χ2n) is 4.97. The lowest BCUT2D eigenvalue weighted by Crippen LogP contribution is -2.47. The van der Waals surface area contributed by atoms with Crippen molar-refractivity contribution in [1.82, 2.24) is 10.2 Å². The third kappa shape index (κ3) is 3.78. The van der Waals surface area contributed by atoms with Gasteiger partial charge in [-0.1, -0.05) is 12.1 Å². The molecule has 1 aromatic carbocycles. The van der Waals surface area contributed by atoms with Crippen LogP contribution in [0.15, 0.2) is 24.3 Å². The van der Waals surface area contributed by atoms with Crippen LogP contribution in [0, 0.1) is 5.82 Å². The molecule has 2 unspecified atom stereocenters. The van der Waals surface area contributed by atoms with Gasteiger partial charge in [-0.25, -0.2) is 4.39 Å². The molecular formula is C15H19FN2O3S. The molecule has 0 bridgehead atoms. The summed E-state index contributed by atoms with van der Waals surface area (Å²) in [5, 5.41) is 2.41. The summed E-state index contributed by atoms with van der Waals surface area (Å²) in [6.07, 6.45) is 0. The molecule has 2 atom stereocenters. The molecule has 7 heteroatoms. The van der Waals surface area contributed by atoms with Crippen LogP contribution < -0.4 is 5.32 Å². The van der Waals surface area contributed by atoms with Crippen LogP contribution in [-0.4, -0.2) is 48.8 Å². The lowest BCUT2D eigenvalue weighted by molar-refractivity contribution is -0.138. The van der Waals surface area contributed by atoms with Gasteiger partial charge in [-0.3, -0.25) is 9.59 Å². The van der Waals surface area contributed by atoms with Crippen LogP contribution in [0.1, 0.15) is 17.9 Å². The van der Waals surface area contributed by atoms with Gasteiger partial charge in [-0.15, -0.1) is 11.8 Å². The number of nitrogens with one attached hydrogen (secondary N) is 1. The molecule has 1 fully saturated rings. The number of benzene rings is 1. The van der Waals surface area contributed by atoms with E-state index in [2.05, 4.69) is 5.32 Å². The van der Waals surface area contributed by atoms with Crippen molar-refractivity contribution >= 4 is 23.6 Å². The maximum absolute atomic E-state index is 13.4. The summed E-state index contributed by atoms with van der Waals surface area (Å²) in [6, 6.07) is 5.58. The van der Waals surface area contributed by atoms with E-state index >= 15 is 0 Å². The molecule has 5 nitrogen and oxygen atoms in total. The number of carbonyl (C=O) groups excluding carboxylic acids is 2. The summed E-state index contributed by atoms with van der Waals surface area (Å²) in [6.45, 7) is 2.24. The Hall–Kier alpha value is -1.60. The van der Waals surface area contributed by atoms with Gasteiger partial charge in [0.25, 0.3) is 0 Å². The molecule has 2 rings (SSSR count). The maximum Gasteiger partial charge on any atom is 0.243 e. The van der Waals surface area contributed by atoms with Gasteiger partial charge in [0, 0.05) is 26.3 Å². The molecule has 1 aromatic rings. The molecule has 0 spiro atoms. The van der Waals surface area contributed by atoms with Crippen LogP contribution in [0.5, 0.6) is 0 Å². The number of hydrogen-bond acceptors (Lipinski definition) is 4. The van der Waals surface area contributed by atoms with Gasteiger partial charge in [-0.05, 0) is 17.7 Å². The first-order valence-electron chi connectivity index (χ1n) is 6.97. The Kier molecular flexibility index (Phi) is 5.79. The molecule has 0 radical (unpaired) electrons. The summed E-state index contributed by atoms with van der Waals surface area (Å²) < 4.78 is 18.3. The zero-order valence-electron chi connectivity index (χ0n) is 12.5. The predicted octanol–water partition coefficient (Wildman–Crippen LogP) is 1.55. The van der Waals surface area contributed by atoms with Crippen LogP contribution in [0.25, 0.3) is 0 Å². The highest BCUT2D eigenvalue weighted by molar-refractivity contribution is 7.99. The first kappa shape index (κ1) is 16.8. The highest BCUT2D eigenvalue weighted by Crippen LogP contribution is 2.41. The van der Waals surface area contributed by atoms with Gasteiger partial charge in [0.15, 0.2) is 0 Å². The number of rotatable bonds is 5. The van der Waals surface area contributed by atoms with E-state index in [1.807, 2.05) is 0 Å². The summed E-state index contributed by atoms with van der Waals surface area (Å²) >= 11 is 1.46. The highest BCUT2D eigenvalue weighted by Gasteiger charge is 2.40. The fourth-order valence-electron chi connectivity index (χ4n) is 2.40. The van der Waals surface area contributed by atoms with Crippen LogP contribution in [0.2, 0.25) is 0 Å². The molecule has 1 saturated heterocycles. The molecule has 120 valence electrons. The standard InChI is InChI=1S/C15H19FN2O3S/c1-10(19)18-13(14(20)17-6-7-21-2)9-22-15(18)11-4-3-5-12(16)8-11/h3-5,8,13,15H,6-7,9H2,1-2H3,(H,17,20). The number of halogens is 1. The van der Waals surface area contributed by atoms with Gasteiger partial charge in [0.1, 0.15) is 17.2 Å². The number of methoxy groups -OCH3 is 1. The minimum Gasteiger partial charge on any atom is -0.383 e. The predicted molar refractivity (Wildman–Crippen MR) is 82.8 cm³/mol. The summed E-state index contributed by atoms with van der Waals surface area (Å²) in [4.78, 5) is 25.7. The molecule has 2 amide bonds. The lowest BCUT2D eigenvalue weighted by atomic mass is 10.1. The quantitative estimate of drug-likeness (QED) is 0.834. The average Bonchev–Trinajstić information content (AvgIpc) is 2.92. The number of thioether (sulfide) groups is 1. The monoisotopic (exact) mass is 326 g/mol. The molecule has 0 saturated carbocycles. The number of ether oxygens (including phenoxy) is 1. The molecular weight excluding hydrogens is 307 g/mol. The minimum atomic E-state index is -0.548. The van der Waals surface area contributed by atoms with Crippen molar-refractivity contribution in [2.45, 2.75) is 18.3 Å². The molecule has 1 aliphatic heterocycles. The number of hydrogen-bond donors (Lipinski definition) is 1. The van der Waals surface area contributed by atoms with Crippen molar-refractivity contribution in [2.24, 2.45) is 0 Å². The van der Waals surface area contributed by atoms with Crippen LogP contribution in [-0.2, 0) is 14.3 Å². The first-order chi connectivity index (χ1) is 10.5. The summed E-state index contributed by atoms with van der Waals surface area (Å²) in [7, 11) is 1.55. The number of carbonyl (C=O) groups is 2. The van der Waals surface area contributed by atoms with Crippen LogP contribution >= 0.6 is 11.8 Å². The van der Waals surface area contributed by atoms with E-state index in [0.29, 0.717) is 24.5 Å². The molecule has 1 heterocycles. The van der Waals surface area contributed by atoms with E-state index in [9.17, 15) is 14.0 Å². The normalized spacial score (nSPS) is 21.0. The average molecular weight is 326 g/mol. The third-order valence-corrected chi connectivity index (χ3v) is 4.73. The zero-order valence-corrected chi connectivity index (χ0v) is 13.4. The SMILES string of the molecule is COCCNC(=O)C1CSC(c2cccc(F)c2)N1C(C)=O.